The second-order valence-electron chi connectivity index (χ2n) is 6.01. The van der Waals surface area contributed by atoms with E-state index in [9.17, 15) is 9.59 Å². The number of halogens is 2. The van der Waals surface area contributed by atoms with Crippen molar-refractivity contribution in [2.45, 2.75) is 12.5 Å². The molecule has 27 heavy (non-hydrogen) atoms. The van der Waals surface area contributed by atoms with Crippen LogP contribution in [0, 0.1) is 0 Å². The van der Waals surface area contributed by atoms with Gasteiger partial charge in [-0.1, -0.05) is 53.5 Å². The van der Waals surface area contributed by atoms with E-state index in [1.165, 1.54) is 17.7 Å². The Morgan fingerprint density at radius 2 is 1.81 bits per heavy atom. The Bertz CT molecular complexity index is 1020. The molecule has 0 aliphatic carbocycles. The molecule has 6 heteroatoms. The van der Waals surface area contributed by atoms with Crippen LogP contribution < -0.4 is 5.56 Å². The van der Waals surface area contributed by atoms with Crippen LogP contribution in [-0.4, -0.2) is 17.6 Å². The highest BCUT2D eigenvalue weighted by Gasteiger charge is 2.23. The van der Waals surface area contributed by atoms with Crippen molar-refractivity contribution in [1.82, 2.24) is 4.57 Å². The van der Waals surface area contributed by atoms with E-state index < -0.39 is 12.0 Å². The molecule has 0 spiro atoms. The summed E-state index contributed by atoms with van der Waals surface area (Å²) in [5.74, 6) is -0.477. The van der Waals surface area contributed by atoms with Crippen LogP contribution in [0.1, 0.15) is 11.6 Å². The van der Waals surface area contributed by atoms with Gasteiger partial charge in [0.1, 0.15) is 6.04 Å². The molecule has 0 amide bonds. The maximum absolute atomic E-state index is 12.7. The van der Waals surface area contributed by atoms with Gasteiger partial charge in [0.05, 0.1) is 7.11 Å². The van der Waals surface area contributed by atoms with Crippen LogP contribution in [-0.2, 0) is 16.0 Å². The van der Waals surface area contributed by atoms with E-state index >= 15 is 0 Å². The van der Waals surface area contributed by atoms with E-state index in [0.717, 1.165) is 5.56 Å². The smallest absolute Gasteiger partial charge is 0.329 e. The summed E-state index contributed by atoms with van der Waals surface area (Å²) in [7, 11) is 1.31. The Morgan fingerprint density at radius 3 is 2.48 bits per heavy atom. The van der Waals surface area contributed by atoms with Crippen molar-refractivity contribution < 1.29 is 9.53 Å². The van der Waals surface area contributed by atoms with Crippen LogP contribution in [0.2, 0.25) is 10.0 Å². The van der Waals surface area contributed by atoms with E-state index in [2.05, 4.69) is 0 Å². The summed E-state index contributed by atoms with van der Waals surface area (Å²) < 4.78 is 6.28. The molecule has 0 unspecified atom stereocenters. The van der Waals surface area contributed by atoms with Crippen molar-refractivity contribution in [2.75, 3.05) is 7.11 Å². The maximum Gasteiger partial charge on any atom is 0.329 e. The minimum absolute atomic E-state index is 0.324. The normalized spacial score (nSPS) is 11.8. The van der Waals surface area contributed by atoms with Gasteiger partial charge in [0, 0.05) is 34.3 Å². The molecule has 1 aromatic heterocycles. The molecule has 4 nitrogen and oxygen atoms in total. The first-order valence-electron chi connectivity index (χ1n) is 8.29. The fraction of sp³-hybridized carbons (Fsp3) is 0.143. The van der Waals surface area contributed by atoms with Crippen LogP contribution >= 0.6 is 23.2 Å². The first kappa shape index (κ1) is 19.2. The molecule has 0 aliphatic heterocycles. The molecule has 0 bridgehead atoms. The molecular formula is C21H17Cl2NO3. The predicted molar refractivity (Wildman–Crippen MR) is 107 cm³/mol. The lowest BCUT2D eigenvalue weighted by atomic mass is 10.0. The number of carbonyl (C=O) groups is 1. The molecule has 3 aromatic rings. The molecule has 1 heterocycles. The molecule has 0 fully saturated rings. The van der Waals surface area contributed by atoms with Crippen molar-refractivity contribution in [3.8, 4) is 11.1 Å². The van der Waals surface area contributed by atoms with Crippen molar-refractivity contribution in [2.24, 2.45) is 0 Å². The highest BCUT2D eigenvalue weighted by molar-refractivity contribution is 6.35. The first-order valence-corrected chi connectivity index (χ1v) is 9.04. The fourth-order valence-electron chi connectivity index (χ4n) is 2.90. The Balaban J connectivity index is 2.00. The first-order chi connectivity index (χ1) is 13.0. The molecule has 0 saturated heterocycles. The van der Waals surface area contributed by atoms with Gasteiger partial charge in [-0.3, -0.25) is 4.79 Å². The Labute approximate surface area is 166 Å². The van der Waals surface area contributed by atoms with E-state index in [0.29, 0.717) is 27.6 Å². The van der Waals surface area contributed by atoms with Gasteiger partial charge >= 0.3 is 5.97 Å². The highest BCUT2D eigenvalue weighted by Crippen LogP contribution is 2.30. The molecule has 3 rings (SSSR count). The van der Waals surface area contributed by atoms with Gasteiger partial charge in [0.2, 0.25) is 0 Å². The van der Waals surface area contributed by atoms with Crippen molar-refractivity contribution >= 4 is 29.2 Å². The third kappa shape index (κ3) is 4.41. The zero-order valence-corrected chi connectivity index (χ0v) is 16.1. The second-order valence-corrected chi connectivity index (χ2v) is 6.86. The summed E-state index contributed by atoms with van der Waals surface area (Å²) >= 11 is 12.3. The summed E-state index contributed by atoms with van der Waals surface area (Å²) in [6.07, 6.45) is 1.93. The molecule has 0 N–H and O–H groups in total. The summed E-state index contributed by atoms with van der Waals surface area (Å²) in [4.78, 5) is 25.0. The van der Waals surface area contributed by atoms with Gasteiger partial charge in [-0.25, -0.2) is 4.79 Å². The third-order valence-electron chi connectivity index (χ3n) is 4.27. The van der Waals surface area contributed by atoms with Crippen LogP contribution in [0.15, 0.2) is 71.7 Å². The van der Waals surface area contributed by atoms with E-state index in [1.54, 1.807) is 30.5 Å². The van der Waals surface area contributed by atoms with E-state index in [4.69, 9.17) is 27.9 Å². The number of hydrogen-bond donors (Lipinski definition) is 0. The number of carbonyl (C=O) groups excluding carboxylic acids is 1. The van der Waals surface area contributed by atoms with Gasteiger partial charge in [-0.2, -0.15) is 0 Å². The minimum atomic E-state index is -0.756. The zero-order chi connectivity index (χ0) is 19.4. The van der Waals surface area contributed by atoms with Crippen molar-refractivity contribution in [3.63, 3.8) is 0 Å². The zero-order valence-electron chi connectivity index (χ0n) is 14.6. The molecule has 2 aromatic carbocycles. The van der Waals surface area contributed by atoms with Gasteiger partial charge in [0.15, 0.2) is 0 Å². The van der Waals surface area contributed by atoms with Gasteiger partial charge in [-0.15, -0.1) is 0 Å². The van der Waals surface area contributed by atoms with E-state index in [1.807, 2.05) is 30.3 Å². The number of methoxy groups -OCH3 is 1. The number of ether oxygens (including phenoxy) is 1. The monoisotopic (exact) mass is 401 g/mol. The lowest BCUT2D eigenvalue weighted by molar-refractivity contribution is -0.144. The van der Waals surface area contributed by atoms with Crippen LogP contribution in [0.5, 0.6) is 0 Å². The van der Waals surface area contributed by atoms with Crippen LogP contribution in [0.4, 0.5) is 0 Å². The Hall–Kier alpha value is -2.56. The summed E-state index contributed by atoms with van der Waals surface area (Å²) in [6.45, 7) is 0. The number of rotatable bonds is 5. The minimum Gasteiger partial charge on any atom is -0.467 e. The van der Waals surface area contributed by atoms with Crippen molar-refractivity contribution in [1.29, 1.82) is 0 Å². The van der Waals surface area contributed by atoms with Gasteiger partial charge in [-0.05, 0) is 35.4 Å². The van der Waals surface area contributed by atoms with Crippen LogP contribution in [0.25, 0.3) is 11.1 Å². The largest absolute Gasteiger partial charge is 0.467 e. The molecule has 1 atom stereocenters. The third-order valence-corrected chi connectivity index (χ3v) is 4.83. The average molecular weight is 402 g/mol. The molecule has 0 saturated carbocycles. The SMILES string of the molecule is COC(=O)[C@H](Cc1ccccc1)n1ccc(-c2cc(Cl)ccc2Cl)cc1=O. The van der Waals surface area contributed by atoms with Gasteiger partial charge < -0.3 is 9.30 Å². The quantitative estimate of drug-likeness (QED) is 0.578. The average Bonchev–Trinajstić information content (AvgIpc) is 2.68. The lowest BCUT2D eigenvalue weighted by Gasteiger charge is -2.18. The number of aromatic nitrogens is 1. The molecule has 0 aliphatic rings. The number of esters is 1. The molecule has 0 radical (unpaired) electrons. The summed E-state index contributed by atoms with van der Waals surface area (Å²) in [5.41, 5.74) is 1.90. The summed E-state index contributed by atoms with van der Waals surface area (Å²) in [5, 5.41) is 1.01. The van der Waals surface area contributed by atoms with E-state index in [-0.39, 0.29) is 5.56 Å². The number of benzene rings is 2. The fourth-order valence-corrected chi connectivity index (χ4v) is 3.30. The lowest BCUT2D eigenvalue weighted by Crippen LogP contribution is -2.31. The Kier molecular flexibility index (Phi) is 5.99. The highest BCUT2D eigenvalue weighted by atomic mass is 35.5. The van der Waals surface area contributed by atoms with Gasteiger partial charge in [0.25, 0.3) is 5.56 Å². The number of hydrogen-bond acceptors (Lipinski definition) is 3. The molecule has 138 valence electrons. The topological polar surface area (TPSA) is 48.3 Å². The Morgan fingerprint density at radius 1 is 1.07 bits per heavy atom. The maximum atomic E-state index is 12.7. The predicted octanol–water partition coefficient (Wildman–Crippen LogP) is 4.78. The summed E-state index contributed by atoms with van der Waals surface area (Å²) in [6, 6.07) is 17.0. The van der Waals surface area contributed by atoms with Crippen LogP contribution in [0.3, 0.4) is 0 Å². The second kappa shape index (κ2) is 8.42. The standard InChI is InChI=1S/C21H17Cl2NO3/c1-27-21(26)19(11-14-5-3-2-4-6-14)24-10-9-15(12-20(24)25)17-13-16(22)7-8-18(17)23/h2-10,12-13,19H,11H2,1H3/t19-/m0/s1. The number of nitrogens with zero attached hydrogens (tertiary/aromatic N) is 1. The molecular weight excluding hydrogens is 385 g/mol. The number of pyridine rings is 1. The van der Waals surface area contributed by atoms with Crippen molar-refractivity contribution in [3.05, 3.63) is 92.8 Å².